The summed E-state index contributed by atoms with van der Waals surface area (Å²) < 4.78 is 0. The fourth-order valence-corrected chi connectivity index (χ4v) is 2.78. The number of nitrogens with one attached hydrogen (secondary N) is 1. The number of carbonyl (C=O) groups is 2. The van der Waals surface area contributed by atoms with Crippen LogP contribution < -0.4 is 5.32 Å². The Labute approximate surface area is 108 Å². The molecule has 5 nitrogen and oxygen atoms in total. The first kappa shape index (κ1) is 13.2. The third-order valence-electron chi connectivity index (χ3n) is 4.10. The maximum Gasteiger partial charge on any atom is 0.317 e. The van der Waals surface area contributed by atoms with Gasteiger partial charge in [0.15, 0.2) is 0 Å². The number of carboxylic acid groups (broad SMARTS) is 1. The topological polar surface area (TPSA) is 69.6 Å². The Balaban J connectivity index is 1.70. The molecule has 2 rings (SSSR count). The summed E-state index contributed by atoms with van der Waals surface area (Å²) in [6, 6.07) is -0.204. The van der Waals surface area contributed by atoms with Crippen molar-refractivity contribution in [3.05, 3.63) is 0 Å². The molecule has 1 heterocycles. The number of rotatable bonds is 5. The molecule has 5 heteroatoms. The van der Waals surface area contributed by atoms with E-state index in [1.807, 2.05) is 0 Å². The minimum absolute atomic E-state index is 0.0655. The Kier molecular flexibility index (Phi) is 4.44. The second kappa shape index (κ2) is 6.07. The average Bonchev–Trinajstić information content (AvgIpc) is 2.68. The number of likely N-dealkylation sites (tertiary alicyclic amines) is 1. The van der Waals surface area contributed by atoms with Gasteiger partial charge in [-0.1, -0.05) is 19.3 Å². The third kappa shape index (κ3) is 3.37. The maximum absolute atomic E-state index is 11.9. The molecule has 1 saturated heterocycles. The minimum atomic E-state index is -0.825. The van der Waals surface area contributed by atoms with Gasteiger partial charge in [-0.3, -0.25) is 4.79 Å². The van der Waals surface area contributed by atoms with E-state index < -0.39 is 5.97 Å². The van der Waals surface area contributed by atoms with Crippen molar-refractivity contribution in [3.63, 3.8) is 0 Å². The fraction of sp³-hybridized carbons (Fsp3) is 0.846. The quantitative estimate of drug-likeness (QED) is 0.786. The molecule has 0 bridgehead atoms. The van der Waals surface area contributed by atoms with E-state index in [1.165, 1.54) is 19.3 Å². The standard InChI is InChI=1S/C13H22N2O3/c16-12(17)9-11-5-2-8-15(11)13(18)14-7-6-10-3-1-4-10/h10-11H,1-9H2,(H,14,18)(H,16,17). The van der Waals surface area contributed by atoms with Crippen molar-refractivity contribution < 1.29 is 14.7 Å². The summed E-state index contributed by atoms with van der Waals surface area (Å²) >= 11 is 0. The number of aliphatic carboxylic acids is 1. The van der Waals surface area contributed by atoms with Gasteiger partial charge < -0.3 is 15.3 Å². The number of urea groups is 1. The van der Waals surface area contributed by atoms with E-state index in [4.69, 9.17) is 5.11 Å². The van der Waals surface area contributed by atoms with Crippen molar-refractivity contribution in [3.8, 4) is 0 Å². The number of carbonyl (C=O) groups excluding carboxylic acids is 1. The zero-order valence-electron chi connectivity index (χ0n) is 10.7. The van der Waals surface area contributed by atoms with E-state index in [0.717, 1.165) is 31.7 Å². The van der Waals surface area contributed by atoms with Crippen LogP contribution in [0.2, 0.25) is 0 Å². The van der Waals surface area contributed by atoms with Crippen LogP contribution in [0.4, 0.5) is 4.79 Å². The summed E-state index contributed by atoms with van der Waals surface area (Å²) in [4.78, 5) is 24.4. The molecule has 1 saturated carbocycles. The summed E-state index contributed by atoms with van der Waals surface area (Å²) in [5, 5.41) is 11.7. The summed E-state index contributed by atoms with van der Waals surface area (Å²) in [6.07, 6.45) is 6.75. The zero-order chi connectivity index (χ0) is 13.0. The van der Waals surface area contributed by atoms with Crippen molar-refractivity contribution in [2.75, 3.05) is 13.1 Å². The van der Waals surface area contributed by atoms with Gasteiger partial charge in [-0.05, 0) is 25.2 Å². The van der Waals surface area contributed by atoms with E-state index in [0.29, 0.717) is 6.54 Å². The molecule has 2 amide bonds. The largest absolute Gasteiger partial charge is 0.481 e. The van der Waals surface area contributed by atoms with E-state index in [1.54, 1.807) is 4.90 Å². The van der Waals surface area contributed by atoms with Crippen molar-refractivity contribution in [1.82, 2.24) is 10.2 Å². The third-order valence-corrected chi connectivity index (χ3v) is 4.10. The summed E-state index contributed by atoms with van der Waals surface area (Å²) in [5.41, 5.74) is 0. The number of amides is 2. The van der Waals surface area contributed by atoms with Gasteiger partial charge in [-0.2, -0.15) is 0 Å². The molecule has 0 aromatic rings. The molecule has 18 heavy (non-hydrogen) atoms. The summed E-state index contributed by atoms with van der Waals surface area (Å²) in [6.45, 7) is 1.41. The highest BCUT2D eigenvalue weighted by atomic mass is 16.4. The lowest BCUT2D eigenvalue weighted by molar-refractivity contribution is -0.137. The fourth-order valence-electron chi connectivity index (χ4n) is 2.78. The molecule has 102 valence electrons. The molecule has 2 aliphatic rings. The zero-order valence-corrected chi connectivity index (χ0v) is 10.7. The Morgan fingerprint density at radius 3 is 2.61 bits per heavy atom. The molecular formula is C13H22N2O3. The van der Waals surface area contributed by atoms with Gasteiger partial charge in [0.1, 0.15) is 0 Å². The van der Waals surface area contributed by atoms with Gasteiger partial charge in [0.05, 0.1) is 6.42 Å². The predicted octanol–water partition coefficient (Wildman–Crippen LogP) is 1.83. The molecule has 2 N–H and O–H groups in total. The first-order chi connectivity index (χ1) is 8.66. The molecule has 2 fully saturated rings. The van der Waals surface area contributed by atoms with Crippen LogP contribution in [0.5, 0.6) is 0 Å². The predicted molar refractivity (Wildman–Crippen MR) is 67.3 cm³/mol. The highest BCUT2D eigenvalue weighted by Gasteiger charge is 2.30. The van der Waals surface area contributed by atoms with Crippen LogP contribution in [0.25, 0.3) is 0 Å². The number of nitrogens with zero attached hydrogens (tertiary/aromatic N) is 1. The van der Waals surface area contributed by atoms with Crippen molar-refractivity contribution >= 4 is 12.0 Å². The lowest BCUT2D eigenvalue weighted by Crippen LogP contribution is -2.44. The lowest BCUT2D eigenvalue weighted by Gasteiger charge is -2.27. The number of hydrogen-bond donors (Lipinski definition) is 2. The molecule has 1 unspecified atom stereocenters. The normalized spacial score (nSPS) is 23.8. The molecule has 1 aliphatic heterocycles. The van der Waals surface area contributed by atoms with E-state index in [-0.39, 0.29) is 18.5 Å². The summed E-state index contributed by atoms with van der Waals surface area (Å²) in [5.74, 6) is -0.0344. The number of hydrogen-bond acceptors (Lipinski definition) is 2. The average molecular weight is 254 g/mol. The van der Waals surface area contributed by atoms with Gasteiger partial charge in [0.25, 0.3) is 0 Å². The van der Waals surface area contributed by atoms with Crippen molar-refractivity contribution in [1.29, 1.82) is 0 Å². The van der Waals surface area contributed by atoms with Crippen LogP contribution >= 0.6 is 0 Å². The molecule has 1 aliphatic carbocycles. The number of carboxylic acids is 1. The highest BCUT2D eigenvalue weighted by molar-refractivity contribution is 5.76. The SMILES string of the molecule is O=C(O)CC1CCCN1C(=O)NCCC1CCC1. The van der Waals surface area contributed by atoms with E-state index in [2.05, 4.69) is 5.32 Å². The molecule has 0 spiro atoms. The van der Waals surface area contributed by atoms with Gasteiger partial charge in [0, 0.05) is 19.1 Å². The Morgan fingerprint density at radius 1 is 1.22 bits per heavy atom. The molecule has 0 aromatic carbocycles. The molecular weight excluding hydrogens is 232 g/mol. The highest BCUT2D eigenvalue weighted by Crippen LogP contribution is 2.28. The molecule has 0 radical (unpaired) electrons. The first-order valence-corrected chi connectivity index (χ1v) is 6.93. The second-order valence-electron chi connectivity index (χ2n) is 5.40. The van der Waals surface area contributed by atoms with Gasteiger partial charge >= 0.3 is 12.0 Å². The smallest absolute Gasteiger partial charge is 0.317 e. The molecule has 0 aromatic heterocycles. The van der Waals surface area contributed by atoms with Crippen LogP contribution in [0, 0.1) is 5.92 Å². The van der Waals surface area contributed by atoms with Crippen LogP contribution in [0.1, 0.15) is 44.9 Å². The Hall–Kier alpha value is -1.26. The summed E-state index contributed by atoms with van der Waals surface area (Å²) in [7, 11) is 0. The van der Waals surface area contributed by atoms with Gasteiger partial charge in [0.2, 0.25) is 0 Å². The Morgan fingerprint density at radius 2 is 2.00 bits per heavy atom. The van der Waals surface area contributed by atoms with Crippen LogP contribution in [0.3, 0.4) is 0 Å². The van der Waals surface area contributed by atoms with Gasteiger partial charge in [-0.25, -0.2) is 4.79 Å². The minimum Gasteiger partial charge on any atom is -0.481 e. The lowest BCUT2D eigenvalue weighted by atomic mass is 9.83. The second-order valence-corrected chi connectivity index (χ2v) is 5.40. The Bertz CT molecular complexity index is 315. The van der Waals surface area contributed by atoms with Crippen LogP contribution in [-0.2, 0) is 4.79 Å². The maximum atomic E-state index is 11.9. The first-order valence-electron chi connectivity index (χ1n) is 6.93. The van der Waals surface area contributed by atoms with Crippen molar-refractivity contribution in [2.24, 2.45) is 5.92 Å². The van der Waals surface area contributed by atoms with Crippen LogP contribution in [-0.4, -0.2) is 41.1 Å². The van der Waals surface area contributed by atoms with Gasteiger partial charge in [-0.15, -0.1) is 0 Å². The van der Waals surface area contributed by atoms with Crippen LogP contribution in [0.15, 0.2) is 0 Å². The van der Waals surface area contributed by atoms with Crippen molar-refractivity contribution in [2.45, 2.75) is 51.0 Å². The van der Waals surface area contributed by atoms with E-state index in [9.17, 15) is 9.59 Å². The molecule has 1 atom stereocenters. The van der Waals surface area contributed by atoms with E-state index >= 15 is 0 Å². The monoisotopic (exact) mass is 254 g/mol.